The van der Waals surface area contributed by atoms with Gasteiger partial charge in [-0.1, -0.05) is 15.9 Å². The molecule has 1 aromatic heterocycles. The number of nitrogens with zero attached hydrogens (tertiary/aromatic N) is 2. The molecule has 16 heavy (non-hydrogen) atoms. The Hall–Kier alpha value is -0.950. The topological polar surface area (TPSA) is 66.4 Å². The molecule has 0 aliphatic carbocycles. The van der Waals surface area contributed by atoms with Crippen molar-refractivity contribution in [3.63, 3.8) is 0 Å². The van der Waals surface area contributed by atoms with Crippen molar-refractivity contribution in [3.05, 3.63) is 11.1 Å². The number of thiazole rings is 1. The highest BCUT2D eigenvalue weighted by Gasteiger charge is 2.11. The summed E-state index contributed by atoms with van der Waals surface area (Å²) >= 11 is 4.52. The van der Waals surface area contributed by atoms with Crippen molar-refractivity contribution in [2.75, 3.05) is 23.7 Å². The van der Waals surface area contributed by atoms with Gasteiger partial charge >= 0.3 is 0 Å². The van der Waals surface area contributed by atoms with Gasteiger partial charge in [-0.2, -0.15) is 0 Å². The molecule has 0 fully saturated rings. The first-order chi connectivity index (χ1) is 7.79. The van der Waals surface area contributed by atoms with Crippen LogP contribution in [0.5, 0.6) is 0 Å². The Kier molecular flexibility index (Phi) is 3.89. The van der Waals surface area contributed by atoms with Gasteiger partial charge in [0.25, 0.3) is 0 Å². The molecule has 0 amide bonds. The highest BCUT2D eigenvalue weighted by Crippen LogP contribution is 2.16. The maximum Gasteiger partial charge on any atom is 0.197 e. The molecule has 7 heteroatoms. The van der Waals surface area contributed by atoms with Crippen molar-refractivity contribution in [3.8, 4) is 0 Å². The highest BCUT2D eigenvalue weighted by atomic mass is 79.9. The van der Waals surface area contributed by atoms with Crippen molar-refractivity contribution in [1.82, 2.24) is 10.3 Å². The molecule has 0 saturated heterocycles. The fourth-order valence-electron chi connectivity index (χ4n) is 1.25. The number of aromatic nitrogens is 1. The first kappa shape index (κ1) is 11.5. The Labute approximate surface area is 105 Å². The summed E-state index contributed by atoms with van der Waals surface area (Å²) in [7, 11) is 0. The number of nitrogens with one attached hydrogen (secondary N) is 2. The molecule has 2 N–H and O–H groups in total. The fraction of sp³-hybridized carbons (Fsp3) is 0.444. The van der Waals surface area contributed by atoms with E-state index in [0.29, 0.717) is 16.2 Å². The molecule has 0 spiro atoms. The number of ketones is 1. The van der Waals surface area contributed by atoms with Crippen molar-refractivity contribution in [2.45, 2.75) is 6.42 Å². The van der Waals surface area contributed by atoms with E-state index in [1.54, 1.807) is 5.38 Å². The normalized spacial score (nSPS) is 15.2. The molecule has 2 rings (SSSR count). The number of guanidine groups is 1. The van der Waals surface area contributed by atoms with Crippen molar-refractivity contribution >= 4 is 44.1 Å². The van der Waals surface area contributed by atoms with Crippen LogP contribution >= 0.6 is 27.3 Å². The lowest BCUT2D eigenvalue weighted by Crippen LogP contribution is -2.35. The first-order valence-electron chi connectivity index (χ1n) is 4.89. The van der Waals surface area contributed by atoms with E-state index in [2.05, 4.69) is 36.5 Å². The molecule has 2 heterocycles. The minimum Gasteiger partial charge on any atom is -0.356 e. The van der Waals surface area contributed by atoms with Gasteiger partial charge in [-0.05, 0) is 6.42 Å². The zero-order valence-electron chi connectivity index (χ0n) is 8.49. The van der Waals surface area contributed by atoms with Crippen LogP contribution in [0.15, 0.2) is 10.4 Å². The Morgan fingerprint density at radius 1 is 1.69 bits per heavy atom. The van der Waals surface area contributed by atoms with E-state index in [-0.39, 0.29) is 5.78 Å². The molecule has 0 bridgehead atoms. The predicted octanol–water partition coefficient (Wildman–Crippen LogP) is 1.48. The molecule has 0 atom stereocenters. The summed E-state index contributed by atoms with van der Waals surface area (Å²) in [6.07, 6.45) is 1.05. The van der Waals surface area contributed by atoms with Gasteiger partial charge in [0, 0.05) is 18.5 Å². The van der Waals surface area contributed by atoms with Crippen LogP contribution in [0.1, 0.15) is 16.9 Å². The van der Waals surface area contributed by atoms with Crippen LogP contribution in [-0.4, -0.2) is 35.1 Å². The van der Waals surface area contributed by atoms with Gasteiger partial charge < -0.3 is 10.6 Å². The van der Waals surface area contributed by atoms with Crippen LogP contribution in [0.25, 0.3) is 0 Å². The summed E-state index contributed by atoms with van der Waals surface area (Å²) < 4.78 is 0. The molecule has 1 aliphatic rings. The van der Waals surface area contributed by atoms with Crippen LogP contribution in [0, 0.1) is 0 Å². The Balaban J connectivity index is 2.02. The van der Waals surface area contributed by atoms with Crippen LogP contribution in [0.2, 0.25) is 0 Å². The maximum absolute atomic E-state index is 11.3. The summed E-state index contributed by atoms with van der Waals surface area (Å²) in [5.74, 6) is 0.723. The monoisotopic (exact) mass is 302 g/mol. The Morgan fingerprint density at radius 2 is 2.56 bits per heavy atom. The number of anilines is 1. The van der Waals surface area contributed by atoms with E-state index in [0.717, 1.165) is 25.5 Å². The number of rotatable bonds is 3. The number of alkyl halides is 1. The van der Waals surface area contributed by atoms with Gasteiger partial charge in [0.1, 0.15) is 5.69 Å². The Morgan fingerprint density at radius 3 is 3.25 bits per heavy atom. The number of carbonyl (C=O) groups is 1. The molecular formula is C9H11BrN4OS. The molecule has 0 saturated carbocycles. The van der Waals surface area contributed by atoms with Crippen LogP contribution in [0.3, 0.4) is 0 Å². The zero-order valence-corrected chi connectivity index (χ0v) is 10.9. The SMILES string of the molecule is O=C(CBr)c1csc(NC2=NCCCN2)n1. The molecule has 0 unspecified atom stereocenters. The lowest BCUT2D eigenvalue weighted by atomic mass is 10.4. The van der Waals surface area contributed by atoms with Gasteiger partial charge in [-0.15, -0.1) is 11.3 Å². The molecule has 86 valence electrons. The third-order valence-corrected chi connectivity index (χ3v) is 3.30. The summed E-state index contributed by atoms with van der Waals surface area (Å²) in [6.45, 7) is 1.75. The Bertz CT molecular complexity index is 417. The predicted molar refractivity (Wildman–Crippen MR) is 68.8 cm³/mol. The maximum atomic E-state index is 11.3. The third-order valence-electron chi connectivity index (χ3n) is 2.03. The molecular weight excluding hydrogens is 292 g/mol. The number of aliphatic imine (C=N–C) groups is 1. The highest BCUT2D eigenvalue weighted by molar-refractivity contribution is 9.09. The van der Waals surface area contributed by atoms with Crippen LogP contribution in [0.4, 0.5) is 5.13 Å². The second kappa shape index (κ2) is 5.40. The number of hydrogen-bond donors (Lipinski definition) is 2. The van der Waals surface area contributed by atoms with E-state index in [1.807, 2.05) is 0 Å². The summed E-state index contributed by atoms with van der Waals surface area (Å²) in [6, 6.07) is 0. The van der Waals surface area contributed by atoms with E-state index in [1.165, 1.54) is 11.3 Å². The molecule has 1 aliphatic heterocycles. The second-order valence-corrected chi connectivity index (χ2v) is 4.65. The quantitative estimate of drug-likeness (QED) is 0.656. The molecule has 0 radical (unpaired) electrons. The van der Waals surface area contributed by atoms with E-state index in [9.17, 15) is 4.79 Å². The summed E-state index contributed by atoms with van der Waals surface area (Å²) in [5.41, 5.74) is 0.487. The summed E-state index contributed by atoms with van der Waals surface area (Å²) in [4.78, 5) is 19.8. The van der Waals surface area contributed by atoms with E-state index >= 15 is 0 Å². The zero-order chi connectivity index (χ0) is 11.4. The van der Waals surface area contributed by atoms with Crippen LogP contribution in [-0.2, 0) is 0 Å². The van der Waals surface area contributed by atoms with Gasteiger partial charge in [-0.3, -0.25) is 9.79 Å². The van der Waals surface area contributed by atoms with Gasteiger partial charge in [-0.25, -0.2) is 4.98 Å². The first-order valence-corrected chi connectivity index (χ1v) is 6.90. The van der Waals surface area contributed by atoms with E-state index < -0.39 is 0 Å². The molecule has 1 aromatic rings. The van der Waals surface area contributed by atoms with Gasteiger partial charge in [0.2, 0.25) is 0 Å². The number of Topliss-reactive ketones (excluding diaryl/α,β-unsaturated/α-hetero) is 1. The van der Waals surface area contributed by atoms with Crippen LogP contribution < -0.4 is 10.6 Å². The lowest BCUT2D eigenvalue weighted by molar-refractivity contribution is 0.102. The lowest BCUT2D eigenvalue weighted by Gasteiger charge is -2.13. The van der Waals surface area contributed by atoms with Gasteiger partial charge in [0.05, 0.1) is 5.33 Å². The molecule has 0 aromatic carbocycles. The van der Waals surface area contributed by atoms with Gasteiger partial charge in [0.15, 0.2) is 16.9 Å². The molecule has 5 nitrogen and oxygen atoms in total. The van der Waals surface area contributed by atoms with E-state index in [4.69, 9.17) is 0 Å². The van der Waals surface area contributed by atoms with Crippen molar-refractivity contribution in [2.24, 2.45) is 4.99 Å². The summed E-state index contributed by atoms with van der Waals surface area (Å²) in [5, 5.41) is 8.93. The number of halogens is 1. The average molecular weight is 303 g/mol. The fourth-order valence-corrected chi connectivity index (χ4v) is 2.25. The number of carbonyl (C=O) groups excluding carboxylic acids is 1. The largest absolute Gasteiger partial charge is 0.356 e. The number of hydrogen-bond acceptors (Lipinski definition) is 6. The minimum atomic E-state index is -0.0113. The minimum absolute atomic E-state index is 0.0113. The second-order valence-electron chi connectivity index (χ2n) is 3.23. The standard InChI is InChI=1S/C9H11BrN4OS/c10-4-7(15)6-5-16-9(13-6)14-8-11-2-1-3-12-8/h5H,1-4H2,(H2,11,12,13,14). The third kappa shape index (κ3) is 2.79. The smallest absolute Gasteiger partial charge is 0.197 e. The average Bonchev–Trinajstić information content (AvgIpc) is 2.78. The van der Waals surface area contributed by atoms with Crippen molar-refractivity contribution < 1.29 is 4.79 Å². The van der Waals surface area contributed by atoms with Crippen molar-refractivity contribution in [1.29, 1.82) is 0 Å².